The Morgan fingerprint density at radius 2 is 1.79 bits per heavy atom. The number of hydrogen-bond donors (Lipinski definition) is 2. The lowest BCUT2D eigenvalue weighted by Gasteiger charge is -2.20. The first-order chi connectivity index (χ1) is 6.54. The number of aliphatic imine (C=N–C) groups is 1. The van der Waals surface area contributed by atoms with E-state index in [2.05, 4.69) is 31.2 Å². The number of rotatable bonds is 1. The summed E-state index contributed by atoms with van der Waals surface area (Å²) < 4.78 is 0. The lowest BCUT2D eigenvalue weighted by atomic mass is 9.95. The Labute approximate surface area is 85.0 Å². The Morgan fingerprint density at radius 1 is 1.21 bits per heavy atom. The van der Waals surface area contributed by atoms with Crippen LogP contribution in [0.1, 0.15) is 20.8 Å². The van der Waals surface area contributed by atoms with Gasteiger partial charge in [-0.3, -0.25) is 0 Å². The molecule has 76 valence electrons. The summed E-state index contributed by atoms with van der Waals surface area (Å²) in [6, 6.07) is 9.77. The van der Waals surface area contributed by atoms with Crippen molar-refractivity contribution in [2.75, 3.05) is 0 Å². The molecular weight excluding hydrogens is 174 g/mol. The number of hydrogen-bond acceptors (Lipinski definition) is 2. The van der Waals surface area contributed by atoms with Crippen LogP contribution in [0.15, 0.2) is 35.3 Å². The normalized spacial score (nSPS) is 12.7. The molecule has 0 heterocycles. The zero-order chi connectivity index (χ0) is 10.6. The van der Waals surface area contributed by atoms with Crippen LogP contribution in [-0.4, -0.2) is 5.84 Å². The highest BCUT2D eigenvalue weighted by molar-refractivity contribution is 5.88. The highest BCUT2D eigenvalue weighted by Crippen LogP contribution is 2.18. The molecule has 0 spiro atoms. The number of nitrogens with two attached hydrogens (primary N) is 1. The average Bonchev–Trinajstić information content (AvgIpc) is 2.14. The van der Waals surface area contributed by atoms with Gasteiger partial charge in [0.15, 0.2) is 0 Å². The summed E-state index contributed by atoms with van der Waals surface area (Å²) in [5.41, 5.74) is 3.49. The van der Waals surface area contributed by atoms with Crippen molar-refractivity contribution in [3.8, 4) is 0 Å². The van der Waals surface area contributed by atoms with E-state index in [4.69, 9.17) is 5.84 Å². The van der Waals surface area contributed by atoms with Crippen LogP contribution >= 0.6 is 0 Å². The van der Waals surface area contributed by atoms with Gasteiger partial charge in [-0.05, 0) is 12.1 Å². The van der Waals surface area contributed by atoms with Crippen LogP contribution in [-0.2, 0) is 0 Å². The zero-order valence-electron chi connectivity index (χ0n) is 8.91. The van der Waals surface area contributed by atoms with Crippen LogP contribution < -0.4 is 11.3 Å². The van der Waals surface area contributed by atoms with Crippen molar-refractivity contribution < 1.29 is 0 Å². The third-order valence-corrected chi connectivity index (χ3v) is 1.84. The molecule has 0 aliphatic heterocycles. The monoisotopic (exact) mass is 191 g/mol. The number of hydrazine groups is 1. The first-order valence-electron chi connectivity index (χ1n) is 4.65. The van der Waals surface area contributed by atoms with Crippen LogP contribution in [0.4, 0.5) is 5.69 Å². The second-order valence-corrected chi connectivity index (χ2v) is 4.19. The van der Waals surface area contributed by atoms with Gasteiger partial charge in [0, 0.05) is 5.41 Å². The fourth-order valence-electron chi connectivity index (χ4n) is 1.05. The topological polar surface area (TPSA) is 50.4 Å². The average molecular weight is 191 g/mol. The van der Waals surface area contributed by atoms with E-state index in [-0.39, 0.29) is 5.41 Å². The molecule has 0 unspecified atom stereocenters. The summed E-state index contributed by atoms with van der Waals surface area (Å²) in [4.78, 5) is 4.43. The van der Waals surface area contributed by atoms with Crippen molar-refractivity contribution in [2.24, 2.45) is 16.3 Å². The molecule has 0 fully saturated rings. The van der Waals surface area contributed by atoms with Crippen LogP contribution in [0, 0.1) is 5.41 Å². The third kappa shape index (κ3) is 2.85. The van der Waals surface area contributed by atoms with E-state index in [0.717, 1.165) is 11.5 Å². The molecular formula is C11H17N3. The van der Waals surface area contributed by atoms with E-state index in [1.54, 1.807) is 0 Å². The Morgan fingerprint density at radius 3 is 2.21 bits per heavy atom. The molecule has 0 bridgehead atoms. The van der Waals surface area contributed by atoms with Gasteiger partial charge in [0.2, 0.25) is 0 Å². The minimum Gasteiger partial charge on any atom is -0.312 e. The number of nitrogens with zero attached hydrogens (tertiary/aromatic N) is 1. The second-order valence-electron chi connectivity index (χ2n) is 4.19. The van der Waals surface area contributed by atoms with E-state index in [9.17, 15) is 0 Å². The molecule has 0 amide bonds. The largest absolute Gasteiger partial charge is 0.312 e. The van der Waals surface area contributed by atoms with Crippen LogP contribution in [0.25, 0.3) is 0 Å². The number of benzene rings is 1. The van der Waals surface area contributed by atoms with Crippen molar-refractivity contribution in [1.82, 2.24) is 5.43 Å². The van der Waals surface area contributed by atoms with Gasteiger partial charge in [-0.25, -0.2) is 10.8 Å². The van der Waals surface area contributed by atoms with Gasteiger partial charge in [-0.15, -0.1) is 0 Å². The quantitative estimate of drug-likeness (QED) is 0.309. The molecule has 0 saturated heterocycles. The van der Waals surface area contributed by atoms with Gasteiger partial charge in [0.25, 0.3) is 0 Å². The van der Waals surface area contributed by atoms with Gasteiger partial charge in [-0.2, -0.15) is 0 Å². The van der Waals surface area contributed by atoms with E-state index in [1.165, 1.54) is 0 Å². The van der Waals surface area contributed by atoms with Crippen molar-refractivity contribution in [2.45, 2.75) is 20.8 Å². The Hall–Kier alpha value is -1.35. The van der Waals surface area contributed by atoms with Crippen molar-refractivity contribution >= 4 is 11.5 Å². The maximum absolute atomic E-state index is 5.43. The minimum absolute atomic E-state index is 0.0649. The molecule has 14 heavy (non-hydrogen) atoms. The van der Waals surface area contributed by atoms with Gasteiger partial charge in [0.1, 0.15) is 5.84 Å². The summed E-state index contributed by atoms with van der Waals surface area (Å²) in [7, 11) is 0. The fraction of sp³-hybridized carbons (Fsp3) is 0.364. The minimum atomic E-state index is -0.0649. The Kier molecular flexibility index (Phi) is 3.25. The molecule has 0 aliphatic rings. The van der Waals surface area contributed by atoms with Gasteiger partial charge >= 0.3 is 0 Å². The van der Waals surface area contributed by atoms with Crippen molar-refractivity contribution in [3.63, 3.8) is 0 Å². The fourth-order valence-corrected chi connectivity index (χ4v) is 1.05. The highest BCUT2D eigenvalue weighted by atomic mass is 15.3. The van der Waals surface area contributed by atoms with E-state index in [0.29, 0.717) is 0 Å². The van der Waals surface area contributed by atoms with E-state index in [1.807, 2.05) is 30.3 Å². The summed E-state index contributed by atoms with van der Waals surface area (Å²) in [5, 5.41) is 0. The molecule has 3 heteroatoms. The first-order valence-corrected chi connectivity index (χ1v) is 4.65. The zero-order valence-corrected chi connectivity index (χ0v) is 8.91. The van der Waals surface area contributed by atoms with Crippen molar-refractivity contribution in [3.05, 3.63) is 30.3 Å². The molecule has 3 N–H and O–H groups in total. The van der Waals surface area contributed by atoms with Gasteiger partial charge < -0.3 is 5.43 Å². The molecule has 0 atom stereocenters. The summed E-state index contributed by atoms with van der Waals surface area (Å²) in [6.45, 7) is 6.19. The number of para-hydroxylation sites is 1. The number of amidine groups is 1. The molecule has 0 saturated carbocycles. The summed E-state index contributed by atoms with van der Waals surface area (Å²) in [6.07, 6.45) is 0. The van der Waals surface area contributed by atoms with Crippen LogP contribution in [0.2, 0.25) is 0 Å². The maximum atomic E-state index is 5.43. The maximum Gasteiger partial charge on any atom is 0.122 e. The van der Waals surface area contributed by atoms with Gasteiger partial charge in [0.05, 0.1) is 5.69 Å². The Bertz CT molecular complexity index is 309. The SMILES string of the molecule is CC(C)(C)C(=Nc1ccccc1)NN. The standard InChI is InChI=1S/C11H17N3/c1-11(2,3)10(14-12)13-9-7-5-4-6-8-9/h4-8H,12H2,1-3H3,(H,13,14). The van der Waals surface area contributed by atoms with E-state index >= 15 is 0 Å². The predicted octanol–water partition coefficient (Wildman–Crippen LogP) is 2.23. The summed E-state index contributed by atoms with van der Waals surface area (Å²) in [5.74, 6) is 6.21. The third-order valence-electron chi connectivity index (χ3n) is 1.84. The second kappa shape index (κ2) is 4.24. The molecule has 3 nitrogen and oxygen atoms in total. The highest BCUT2D eigenvalue weighted by Gasteiger charge is 2.17. The number of nitrogens with one attached hydrogen (secondary N) is 1. The predicted molar refractivity (Wildman–Crippen MR) is 60.3 cm³/mol. The lowest BCUT2D eigenvalue weighted by molar-refractivity contribution is 0.567. The summed E-state index contributed by atoms with van der Waals surface area (Å²) >= 11 is 0. The Balaban J connectivity index is 2.96. The molecule has 1 aromatic rings. The van der Waals surface area contributed by atoms with Crippen molar-refractivity contribution in [1.29, 1.82) is 0 Å². The molecule has 0 aliphatic carbocycles. The first kappa shape index (κ1) is 10.7. The van der Waals surface area contributed by atoms with Crippen LogP contribution in [0.3, 0.4) is 0 Å². The molecule has 1 rings (SSSR count). The molecule has 0 aromatic heterocycles. The molecule has 1 aromatic carbocycles. The van der Waals surface area contributed by atoms with Crippen LogP contribution in [0.5, 0.6) is 0 Å². The lowest BCUT2D eigenvalue weighted by Crippen LogP contribution is -2.39. The smallest absolute Gasteiger partial charge is 0.122 e. The van der Waals surface area contributed by atoms with Gasteiger partial charge in [-0.1, -0.05) is 39.0 Å². The van der Waals surface area contributed by atoms with E-state index < -0.39 is 0 Å². The molecule has 0 radical (unpaired) electrons.